The third kappa shape index (κ3) is 4.11. The highest BCUT2D eigenvalue weighted by atomic mass is 35.5. The molecule has 2 aliphatic carbocycles. The Bertz CT molecular complexity index is 1790. The molecule has 2 saturated heterocycles. The number of halogens is 2. The summed E-state index contributed by atoms with van der Waals surface area (Å²) in [4.78, 5) is 57.4. The van der Waals surface area contributed by atoms with Crippen molar-refractivity contribution in [1.29, 1.82) is 0 Å². The van der Waals surface area contributed by atoms with Crippen molar-refractivity contribution in [3.8, 4) is 11.5 Å². The second kappa shape index (κ2) is 10.4. The lowest BCUT2D eigenvalue weighted by Gasteiger charge is -2.50. The fraction of sp³-hybridized carbons (Fsp3) is 0.294. The fourth-order valence-corrected chi connectivity index (χ4v) is 8.22. The van der Waals surface area contributed by atoms with Crippen LogP contribution in [0, 0.1) is 29.5 Å². The molecule has 9 nitrogen and oxygen atoms in total. The van der Waals surface area contributed by atoms with Crippen molar-refractivity contribution in [2.24, 2.45) is 23.7 Å². The predicted octanol–water partition coefficient (Wildman–Crippen LogP) is 4.81. The molecule has 0 radical (unpaired) electrons. The topological polar surface area (TPSA) is 116 Å². The van der Waals surface area contributed by atoms with Gasteiger partial charge in [-0.3, -0.25) is 29.5 Å². The van der Waals surface area contributed by atoms with Crippen LogP contribution in [0.2, 0.25) is 5.02 Å². The highest BCUT2D eigenvalue weighted by molar-refractivity contribution is 6.30. The van der Waals surface area contributed by atoms with Gasteiger partial charge >= 0.3 is 0 Å². The number of carbonyl (C=O) groups excluding carboxylic acids is 4. The normalized spacial score (nSPS) is 28.9. The Balaban J connectivity index is 1.49. The average molecular weight is 630 g/mol. The predicted molar refractivity (Wildman–Crippen MR) is 161 cm³/mol. The Morgan fingerprint density at radius 1 is 0.956 bits per heavy atom. The molecule has 1 saturated carbocycles. The van der Waals surface area contributed by atoms with Crippen LogP contribution in [0.15, 0.2) is 78.4 Å². The largest absolute Gasteiger partial charge is 0.508 e. The van der Waals surface area contributed by atoms with Crippen LogP contribution in [0.3, 0.4) is 0 Å². The monoisotopic (exact) mass is 629 g/mol. The summed E-state index contributed by atoms with van der Waals surface area (Å²) in [6.45, 7) is 0. The van der Waals surface area contributed by atoms with E-state index in [0.717, 1.165) is 15.5 Å². The smallest absolute Gasteiger partial charge is 0.260 e. The van der Waals surface area contributed by atoms with E-state index in [1.165, 1.54) is 50.6 Å². The van der Waals surface area contributed by atoms with E-state index in [0.29, 0.717) is 34.0 Å². The minimum atomic E-state index is -1.54. The maximum Gasteiger partial charge on any atom is 0.260 e. The minimum Gasteiger partial charge on any atom is -0.508 e. The van der Waals surface area contributed by atoms with Crippen molar-refractivity contribution in [2.75, 3.05) is 19.6 Å². The highest BCUT2D eigenvalue weighted by Crippen LogP contribution is 2.65. The first-order chi connectivity index (χ1) is 21.6. The number of anilines is 1. The zero-order valence-corrected chi connectivity index (χ0v) is 25.1. The number of nitrogens with zero attached hydrogens (tertiary/aromatic N) is 2. The summed E-state index contributed by atoms with van der Waals surface area (Å²) in [7, 11) is 2.93. The third-order valence-electron chi connectivity index (χ3n) is 10.0. The first-order valence-corrected chi connectivity index (χ1v) is 15.0. The molecular weight excluding hydrogens is 601 g/mol. The summed E-state index contributed by atoms with van der Waals surface area (Å²) in [6.07, 6.45) is 2.36. The van der Waals surface area contributed by atoms with Gasteiger partial charge in [0.2, 0.25) is 11.8 Å². The van der Waals surface area contributed by atoms with Crippen molar-refractivity contribution >= 4 is 40.9 Å². The van der Waals surface area contributed by atoms with Gasteiger partial charge in [-0.25, -0.2) is 4.39 Å². The van der Waals surface area contributed by atoms with Crippen LogP contribution >= 0.6 is 11.6 Å². The van der Waals surface area contributed by atoms with Crippen molar-refractivity contribution in [3.63, 3.8) is 0 Å². The summed E-state index contributed by atoms with van der Waals surface area (Å²) in [6, 6.07) is 16.7. The van der Waals surface area contributed by atoms with Crippen LogP contribution in [0.25, 0.3) is 0 Å². The molecule has 3 aromatic carbocycles. The number of methoxy groups -OCH3 is 1. The zero-order chi connectivity index (χ0) is 31.8. The maximum absolute atomic E-state index is 15.0. The number of rotatable bonds is 5. The summed E-state index contributed by atoms with van der Waals surface area (Å²) in [5.41, 5.74) is 3.54. The first kappa shape index (κ1) is 29.0. The second-order valence-electron chi connectivity index (χ2n) is 12.0. The molecule has 3 aromatic rings. The molecule has 11 heteroatoms. The number of hydrogen-bond acceptors (Lipinski definition) is 7. The Labute approximate surface area is 263 Å². The fourth-order valence-electron chi connectivity index (χ4n) is 8.10. The molecule has 2 aliphatic heterocycles. The Morgan fingerprint density at radius 2 is 1.67 bits per heavy atom. The summed E-state index contributed by atoms with van der Waals surface area (Å²) in [5.74, 6) is -5.46. The van der Waals surface area contributed by atoms with Crippen LogP contribution in [-0.4, -0.2) is 52.8 Å². The van der Waals surface area contributed by atoms with Gasteiger partial charge in [-0.15, -0.1) is 0 Å². The molecule has 45 heavy (non-hydrogen) atoms. The minimum absolute atomic E-state index is 0.0515. The molecule has 0 spiro atoms. The number of ether oxygens (including phenoxy) is 1. The van der Waals surface area contributed by atoms with Gasteiger partial charge in [0.05, 0.1) is 36.0 Å². The van der Waals surface area contributed by atoms with Crippen LogP contribution < -0.4 is 10.2 Å². The van der Waals surface area contributed by atoms with Gasteiger partial charge in [0.25, 0.3) is 11.8 Å². The molecule has 4 aliphatic rings. The number of nitrogens with one attached hydrogen (secondary N) is 1. The number of benzene rings is 3. The maximum atomic E-state index is 15.0. The van der Waals surface area contributed by atoms with Gasteiger partial charge in [0.15, 0.2) is 0 Å². The van der Waals surface area contributed by atoms with E-state index in [-0.39, 0.29) is 24.0 Å². The number of amides is 4. The number of phenols is 1. The van der Waals surface area contributed by atoms with E-state index in [4.69, 9.17) is 16.3 Å². The number of phenolic OH excluding ortho intramolecular Hbond substituents is 1. The van der Waals surface area contributed by atoms with E-state index >= 15 is 4.79 Å². The van der Waals surface area contributed by atoms with Crippen LogP contribution in [-0.2, 0) is 24.6 Å². The molecule has 4 amide bonds. The van der Waals surface area contributed by atoms with E-state index < -0.39 is 52.6 Å². The van der Waals surface area contributed by atoms with E-state index in [2.05, 4.69) is 5.43 Å². The van der Waals surface area contributed by atoms with Gasteiger partial charge in [0.1, 0.15) is 17.3 Å². The quantitative estimate of drug-likeness (QED) is 0.307. The Kier molecular flexibility index (Phi) is 6.74. The van der Waals surface area contributed by atoms with Crippen LogP contribution in [0.1, 0.15) is 29.9 Å². The molecule has 0 aromatic heterocycles. The standard InChI is InChI=1S/C34H29ClFN3O6/c1-38-30(41)24-14-13-22-25(28(24)32(38)43)16-26-31(42)39(37-20-9-7-19(36)8-10-20)33(44)34(26,17-3-5-18(35)6-4-17)29(22)23-12-11-21(40)15-27(23)45-2/h3-13,15,24-26,28-29,37,40H,14,16H2,1-2H3/t24-,25+,26-,28-,29+,34+/m0/s1. The van der Waals surface area contributed by atoms with E-state index in [1.54, 1.807) is 30.3 Å². The van der Waals surface area contributed by atoms with Crippen LogP contribution in [0.5, 0.6) is 11.5 Å². The second-order valence-corrected chi connectivity index (χ2v) is 12.5. The van der Waals surface area contributed by atoms with Gasteiger partial charge < -0.3 is 9.84 Å². The molecule has 2 N–H and O–H groups in total. The van der Waals surface area contributed by atoms with Crippen molar-refractivity contribution in [1.82, 2.24) is 9.91 Å². The van der Waals surface area contributed by atoms with Crippen molar-refractivity contribution < 1.29 is 33.4 Å². The Morgan fingerprint density at radius 3 is 2.36 bits per heavy atom. The summed E-state index contributed by atoms with van der Waals surface area (Å²) < 4.78 is 19.5. The number of allylic oxidation sites excluding steroid dienone is 2. The molecule has 230 valence electrons. The van der Waals surface area contributed by atoms with Gasteiger partial charge in [-0.05, 0) is 66.8 Å². The molecule has 0 unspecified atom stereocenters. The average Bonchev–Trinajstić information content (AvgIpc) is 3.39. The van der Waals surface area contributed by atoms with E-state index in [1.807, 2.05) is 6.08 Å². The van der Waals surface area contributed by atoms with Gasteiger partial charge in [-0.2, -0.15) is 5.01 Å². The lowest BCUT2D eigenvalue weighted by molar-refractivity contribution is -0.140. The van der Waals surface area contributed by atoms with Gasteiger partial charge in [-0.1, -0.05) is 41.4 Å². The number of aromatic hydroxyl groups is 1. The van der Waals surface area contributed by atoms with E-state index in [9.17, 15) is 23.9 Å². The number of imide groups is 2. The number of likely N-dealkylation sites (tertiary alicyclic amines) is 1. The Hall–Kier alpha value is -4.70. The summed E-state index contributed by atoms with van der Waals surface area (Å²) in [5, 5.41) is 11.8. The molecule has 6 atom stereocenters. The number of hydrogen-bond donors (Lipinski definition) is 2. The highest BCUT2D eigenvalue weighted by Gasteiger charge is 2.70. The summed E-state index contributed by atoms with van der Waals surface area (Å²) >= 11 is 6.30. The molecule has 0 bridgehead atoms. The number of fused-ring (bicyclic) bond motifs is 4. The number of hydrazine groups is 1. The SMILES string of the molecule is COc1cc(O)ccc1[C@H]1C2=CC[C@@H]3C(=O)N(C)C(=O)[C@@H]3[C@@H]2C[C@H]2C(=O)N(Nc3ccc(F)cc3)C(=O)[C@@]12c1ccc(Cl)cc1. The van der Waals surface area contributed by atoms with Crippen molar-refractivity contribution in [3.05, 3.63) is 100 Å². The lowest BCUT2D eigenvalue weighted by Crippen LogP contribution is -2.53. The lowest BCUT2D eigenvalue weighted by atomic mass is 9.49. The molecule has 3 fully saturated rings. The molecule has 7 rings (SSSR count). The molecule has 2 heterocycles. The van der Waals surface area contributed by atoms with Crippen molar-refractivity contribution in [2.45, 2.75) is 24.2 Å². The van der Waals surface area contributed by atoms with Gasteiger partial charge in [0, 0.05) is 29.6 Å². The zero-order valence-electron chi connectivity index (χ0n) is 24.4. The van der Waals surface area contributed by atoms with Crippen LogP contribution in [0.4, 0.5) is 10.1 Å². The molecular formula is C34H29ClFN3O6. The third-order valence-corrected chi connectivity index (χ3v) is 10.3. The number of carbonyl (C=O) groups is 4. The first-order valence-electron chi connectivity index (χ1n) is 14.6.